The SMILES string of the molecule is CSCC[C@H](N)c1nc(C2CSCCO2)no1. The van der Waals surface area contributed by atoms with Gasteiger partial charge in [-0.25, -0.2) is 0 Å². The van der Waals surface area contributed by atoms with Crippen molar-refractivity contribution < 1.29 is 9.26 Å². The Morgan fingerprint density at radius 1 is 1.65 bits per heavy atom. The summed E-state index contributed by atoms with van der Waals surface area (Å²) in [4.78, 5) is 4.34. The second kappa shape index (κ2) is 6.63. The fraction of sp³-hybridized carbons (Fsp3) is 0.800. The molecule has 1 fully saturated rings. The molecule has 0 bridgehead atoms. The zero-order valence-corrected chi connectivity index (χ0v) is 11.4. The van der Waals surface area contributed by atoms with E-state index < -0.39 is 0 Å². The predicted molar refractivity (Wildman–Crippen MR) is 70.2 cm³/mol. The molecule has 2 atom stereocenters. The van der Waals surface area contributed by atoms with Crippen LogP contribution in [-0.2, 0) is 4.74 Å². The monoisotopic (exact) mass is 275 g/mol. The van der Waals surface area contributed by atoms with E-state index in [0.717, 1.165) is 30.3 Å². The van der Waals surface area contributed by atoms with Crippen LogP contribution in [0.5, 0.6) is 0 Å². The molecule has 0 spiro atoms. The van der Waals surface area contributed by atoms with E-state index in [9.17, 15) is 0 Å². The minimum absolute atomic E-state index is 0.0426. The molecule has 1 unspecified atom stereocenters. The summed E-state index contributed by atoms with van der Waals surface area (Å²) in [7, 11) is 0. The number of nitrogens with zero attached hydrogens (tertiary/aromatic N) is 2. The second-order valence-corrected chi connectivity index (χ2v) is 5.95. The fourth-order valence-corrected chi connectivity index (χ4v) is 2.86. The van der Waals surface area contributed by atoms with Gasteiger partial charge in [-0.1, -0.05) is 5.16 Å². The standard InChI is InChI=1S/C10H17N3O2S2/c1-16-4-2-7(11)10-12-9(13-15-10)8-6-17-5-3-14-8/h7-8H,2-6,11H2,1H3/t7-,8?/m0/s1. The largest absolute Gasteiger partial charge is 0.368 e. The van der Waals surface area contributed by atoms with Crippen LogP contribution in [0.25, 0.3) is 0 Å². The predicted octanol–water partition coefficient (Wildman–Crippen LogP) is 1.63. The van der Waals surface area contributed by atoms with Crippen LogP contribution in [-0.4, -0.2) is 40.3 Å². The Morgan fingerprint density at radius 3 is 3.24 bits per heavy atom. The topological polar surface area (TPSA) is 74.2 Å². The molecule has 1 aliphatic heterocycles. The number of thioether (sulfide) groups is 2. The Bertz CT molecular complexity index is 342. The van der Waals surface area contributed by atoms with E-state index in [1.807, 2.05) is 11.8 Å². The maximum Gasteiger partial charge on any atom is 0.243 e. The molecule has 2 rings (SSSR count). The minimum Gasteiger partial charge on any atom is -0.368 e. The van der Waals surface area contributed by atoms with Gasteiger partial charge in [0.1, 0.15) is 6.10 Å². The van der Waals surface area contributed by atoms with Gasteiger partial charge >= 0.3 is 0 Å². The number of nitrogens with two attached hydrogens (primary N) is 1. The van der Waals surface area contributed by atoms with Crippen molar-refractivity contribution in [1.29, 1.82) is 0 Å². The van der Waals surface area contributed by atoms with Gasteiger partial charge in [0.15, 0.2) is 0 Å². The Kier molecular flexibility index (Phi) is 5.15. The summed E-state index contributed by atoms with van der Waals surface area (Å²) in [6.07, 6.45) is 2.86. The highest BCUT2D eigenvalue weighted by molar-refractivity contribution is 7.99. The van der Waals surface area contributed by atoms with E-state index >= 15 is 0 Å². The molecule has 2 heterocycles. The highest BCUT2D eigenvalue weighted by Crippen LogP contribution is 2.25. The van der Waals surface area contributed by atoms with E-state index in [2.05, 4.69) is 16.4 Å². The molecular weight excluding hydrogens is 258 g/mol. The zero-order chi connectivity index (χ0) is 12.1. The summed E-state index contributed by atoms with van der Waals surface area (Å²) in [5.41, 5.74) is 5.97. The van der Waals surface area contributed by atoms with Gasteiger partial charge in [0, 0.05) is 11.5 Å². The van der Waals surface area contributed by atoms with E-state index in [-0.39, 0.29) is 12.1 Å². The molecule has 1 saturated heterocycles. The first-order valence-corrected chi connectivity index (χ1v) is 8.13. The Morgan fingerprint density at radius 2 is 2.53 bits per heavy atom. The first-order valence-electron chi connectivity index (χ1n) is 5.58. The minimum atomic E-state index is -0.167. The molecule has 0 radical (unpaired) electrons. The Balaban J connectivity index is 1.94. The van der Waals surface area contributed by atoms with Crippen molar-refractivity contribution in [2.75, 3.05) is 30.1 Å². The molecule has 1 aromatic heterocycles. The van der Waals surface area contributed by atoms with Crippen LogP contribution in [0.15, 0.2) is 4.52 Å². The molecule has 96 valence electrons. The number of hydrogen-bond donors (Lipinski definition) is 1. The average molecular weight is 275 g/mol. The first-order chi connectivity index (χ1) is 8.31. The van der Waals surface area contributed by atoms with Crippen molar-refractivity contribution in [3.05, 3.63) is 11.7 Å². The molecule has 0 aromatic carbocycles. The molecule has 0 amide bonds. The maximum atomic E-state index is 5.97. The van der Waals surface area contributed by atoms with Gasteiger partial charge in [0.2, 0.25) is 11.7 Å². The van der Waals surface area contributed by atoms with E-state index in [1.165, 1.54) is 0 Å². The lowest BCUT2D eigenvalue weighted by atomic mass is 10.2. The highest BCUT2D eigenvalue weighted by Gasteiger charge is 2.23. The van der Waals surface area contributed by atoms with Crippen molar-refractivity contribution in [2.45, 2.75) is 18.6 Å². The van der Waals surface area contributed by atoms with Crippen LogP contribution < -0.4 is 5.73 Å². The van der Waals surface area contributed by atoms with Crippen LogP contribution in [0.4, 0.5) is 0 Å². The van der Waals surface area contributed by atoms with Crippen molar-refractivity contribution >= 4 is 23.5 Å². The lowest BCUT2D eigenvalue weighted by Crippen LogP contribution is -2.17. The molecular formula is C10H17N3O2S2. The lowest BCUT2D eigenvalue weighted by Gasteiger charge is -2.18. The smallest absolute Gasteiger partial charge is 0.243 e. The highest BCUT2D eigenvalue weighted by atomic mass is 32.2. The number of aromatic nitrogens is 2. The van der Waals surface area contributed by atoms with Gasteiger partial charge in [-0.15, -0.1) is 0 Å². The number of hydrogen-bond acceptors (Lipinski definition) is 7. The normalized spacial score (nSPS) is 22.6. The lowest BCUT2D eigenvalue weighted by molar-refractivity contribution is 0.0677. The quantitative estimate of drug-likeness (QED) is 0.875. The summed E-state index contributed by atoms with van der Waals surface area (Å²) in [5.74, 6) is 4.07. The van der Waals surface area contributed by atoms with Crippen molar-refractivity contribution in [1.82, 2.24) is 10.1 Å². The molecule has 17 heavy (non-hydrogen) atoms. The number of ether oxygens (including phenoxy) is 1. The summed E-state index contributed by atoms with van der Waals surface area (Å²) < 4.78 is 10.8. The third-order valence-electron chi connectivity index (χ3n) is 2.51. The first kappa shape index (κ1) is 13.2. The van der Waals surface area contributed by atoms with Crippen molar-refractivity contribution in [3.63, 3.8) is 0 Å². The third-order valence-corrected chi connectivity index (χ3v) is 4.15. The van der Waals surface area contributed by atoms with Crippen LogP contribution >= 0.6 is 23.5 Å². The molecule has 5 nitrogen and oxygen atoms in total. The third kappa shape index (κ3) is 3.61. The Labute approximate surface area is 109 Å². The van der Waals surface area contributed by atoms with Crippen LogP contribution in [0.2, 0.25) is 0 Å². The zero-order valence-electron chi connectivity index (χ0n) is 9.80. The molecule has 1 aliphatic rings. The van der Waals surface area contributed by atoms with E-state index in [0.29, 0.717) is 11.7 Å². The molecule has 7 heteroatoms. The fourth-order valence-electron chi connectivity index (χ4n) is 1.53. The summed E-state index contributed by atoms with van der Waals surface area (Å²) in [6, 6.07) is -0.167. The summed E-state index contributed by atoms with van der Waals surface area (Å²) >= 11 is 3.61. The van der Waals surface area contributed by atoms with E-state index in [4.69, 9.17) is 15.0 Å². The van der Waals surface area contributed by atoms with Gasteiger partial charge in [-0.2, -0.15) is 28.5 Å². The van der Waals surface area contributed by atoms with Gasteiger partial charge in [-0.3, -0.25) is 0 Å². The second-order valence-electron chi connectivity index (χ2n) is 3.81. The van der Waals surface area contributed by atoms with Crippen LogP contribution in [0.3, 0.4) is 0 Å². The van der Waals surface area contributed by atoms with Crippen molar-refractivity contribution in [3.8, 4) is 0 Å². The van der Waals surface area contributed by atoms with Gasteiger partial charge in [0.05, 0.1) is 12.6 Å². The molecule has 0 aliphatic carbocycles. The molecule has 0 saturated carbocycles. The Hall–Kier alpha value is -0.240. The molecule has 1 aromatic rings. The maximum absolute atomic E-state index is 5.97. The average Bonchev–Trinajstić information content (AvgIpc) is 2.86. The van der Waals surface area contributed by atoms with Gasteiger partial charge in [0.25, 0.3) is 0 Å². The van der Waals surface area contributed by atoms with Crippen LogP contribution in [0, 0.1) is 0 Å². The van der Waals surface area contributed by atoms with E-state index in [1.54, 1.807) is 11.8 Å². The van der Waals surface area contributed by atoms with Gasteiger partial charge in [-0.05, 0) is 18.4 Å². The summed E-state index contributed by atoms with van der Waals surface area (Å²) in [6.45, 7) is 0.748. The van der Waals surface area contributed by atoms with Crippen molar-refractivity contribution in [2.24, 2.45) is 5.73 Å². The summed E-state index contributed by atoms with van der Waals surface area (Å²) in [5, 5.41) is 3.96. The van der Waals surface area contributed by atoms with Gasteiger partial charge < -0.3 is 15.0 Å². The van der Waals surface area contributed by atoms with Crippen LogP contribution in [0.1, 0.15) is 30.3 Å². The molecule has 2 N–H and O–H groups in total. The number of rotatable bonds is 5.